The lowest BCUT2D eigenvalue weighted by Crippen LogP contribution is -2.31. The number of aromatic nitrogens is 2. The number of nitrogens with two attached hydrogens (primary N) is 1. The van der Waals surface area contributed by atoms with Crippen molar-refractivity contribution in [2.75, 3.05) is 6.61 Å². The van der Waals surface area contributed by atoms with Crippen LogP contribution in [0.25, 0.3) is 21.8 Å². The fourth-order valence-corrected chi connectivity index (χ4v) is 4.40. The Labute approximate surface area is 185 Å². The van der Waals surface area contributed by atoms with E-state index in [-0.39, 0.29) is 23.7 Å². The number of benzene rings is 3. The molecule has 0 aliphatic heterocycles. The van der Waals surface area contributed by atoms with E-state index < -0.39 is 16.1 Å². The summed E-state index contributed by atoms with van der Waals surface area (Å²) in [5, 5.41) is 17.9. The first-order valence-electron chi connectivity index (χ1n) is 10.3. The van der Waals surface area contributed by atoms with E-state index in [1.54, 1.807) is 10.6 Å². The highest BCUT2D eigenvalue weighted by atomic mass is 32.2. The molecule has 8 nitrogen and oxygen atoms in total. The second-order valence-electron chi connectivity index (χ2n) is 7.68. The Morgan fingerprint density at radius 3 is 2.53 bits per heavy atom. The molecule has 0 bridgehead atoms. The number of hydrogen-bond donors (Lipinski definition) is 2. The van der Waals surface area contributed by atoms with Crippen molar-refractivity contribution in [3.63, 3.8) is 0 Å². The molecule has 4 aromatic rings. The molecule has 4 rings (SSSR count). The molecule has 32 heavy (non-hydrogen) atoms. The Morgan fingerprint density at radius 1 is 1.03 bits per heavy atom. The minimum absolute atomic E-state index is 0.0320. The fourth-order valence-electron chi connectivity index (χ4n) is 3.86. The van der Waals surface area contributed by atoms with Crippen LogP contribution < -0.4 is 15.6 Å². The summed E-state index contributed by atoms with van der Waals surface area (Å²) in [5.74, 6) is 0.638. The summed E-state index contributed by atoms with van der Waals surface area (Å²) < 4.78 is 32.4. The van der Waals surface area contributed by atoms with E-state index in [1.165, 1.54) is 16.7 Å². The molecule has 0 aliphatic carbocycles. The number of sulfonamides is 1. The molecule has 1 aromatic heterocycles. The van der Waals surface area contributed by atoms with E-state index in [0.29, 0.717) is 23.3 Å². The second kappa shape index (κ2) is 8.78. The minimum atomic E-state index is -3.93. The van der Waals surface area contributed by atoms with E-state index in [9.17, 15) is 18.3 Å². The lowest BCUT2D eigenvalue weighted by molar-refractivity contribution is 0.0932. The van der Waals surface area contributed by atoms with Gasteiger partial charge in [0.1, 0.15) is 18.5 Å². The molecule has 0 radical (unpaired) electrons. The Bertz CT molecular complexity index is 1430. The molecule has 0 fully saturated rings. The molecule has 1 atom stereocenters. The number of imidazole rings is 1. The first-order valence-corrected chi connectivity index (χ1v) is 11.9. The van der Waals surface area contributed by atoms with E-state index in [2.05, 4.69) is 0 Å². The van der Waals surface area contributed by atoms with Gasteiger partial charge in [-0.2, -0.15) is 0 Å². The Hall–Kier alpha value is -3.14. The number of aryl methyl sites for hydroxylation is 1. The summed E-state index contributed by atoms with van der Waals surface area (Å²) in [7, 11) is -3.93. The molecule has 0 unspecified atom stereocenters. The van der Waals surface area contributed by atoms with Gasteiger partial charge in [0.05, 0.1) is 22.5 Å². The van der Waals surface area contributed by atoms with Crippen LogP contribution in [0, 0.1) is 0 Å². The van der Waals surface area contributed by atoms with Crippen LogP contribution in [0.4, 0.5) is 0 Å². The molecule has 0 saturated carbocycles. The largest absolute Gasteiger partial charge is 0.490 e. The zero-order valence-electron chi connectivity index (χ0n) is 17.6. The van der Waals surface area contributed by atoms with Gasteiger partial charge in [-0.05, 0) is 36.1 Å². The Morgan fingerprint density at radius 2 is 1.78 bits per heavy atom. The Balaban J connectivity index is 1.63. The van der Waals surface area contributed by atoms with Gasteiger partial charge in [0.2, 0.25) is 10.0 Å². The van der Waals surface area contributed by atoms with E-state index in [4.69, 9.17) is 9.88 Å². The third-order valence-corrected chi connectivity index (χ3v) is 6.25. The van der Waals surface area contributed by atoms with Gasteiger partial charge in [-0.25, -0.2) is 18.4 Å². The summed E-state index contributed by atoms with van der Waals surface area (Å²) in [6, 6.07) is 17.8. The van der Waals surface area contributed by atoms with Crippen molar-refractivity contribution in [2.24, 2.45) is 5.14 Å². The maximum absolute atomic E-state index is 13.0. The SMILES string of the molecule is CCCn1c(=O)n(C[C@@H](O)COc2cccc3ccccc23)c2cc(S(N)(=O)=O)ccc21. The third kappa shape index (κ3) is 4.27. The van der Waals surface area contributed by atoms with Crippen molar-refractivity contribution in [2.45, 2.75) is 37.4 Å². The predicted octanol–water partition coefficient (Wildman–Crippen LogP) is 2.45. The first-order chi connectivity index (χ1) is 15.3. The summed E-state index contributed by atoms with van der Waals surface area (Å²) in [6.07, 6.45) is -0.270. The number of fused-ring (bicyclic) bond motifs is 2. The quantitative estimate of drug-likeness (QED) is 0.423. The van der Waals surface area contributed by atoms with Gasteiger partial charge in [-0.3, -0.25) is 9.13 Å². The minimum Gasteiger partial charge on any atom is -0.490 e. The molecule has 3 N–H and O–H groups in total. The summed E-state index contributed by atoms with van der Waals surface area (Å²) in [5.41, 5.74) is 0.670. The van der Waals surface area contributed by atoms with Gasteiger partial charge in [0.25, 0.3) is 0 Å². The molecule has 0 saturated heterocycles. The zero-order chi connectivity index (χ0) is 22.9. The molecular formula is C23H25N3O5S. The lowest BCUT2D eigenvalue weighted by Gasteiger charge is -2.14. The van der Waals surface area contributed by atoms with E-state index in [1.807, 2.05) is 49.4 Å². The van der Waals surface area contributed by atoms with E-state index >= 15 is 0 Å². The van der Waals surface area contributed by atoms with Crippen LogP contribution in [0.15, 0.2) is 70.4 Å². The van der Waals surface area contributed by atoms with Crippen LogP contribution in [0.1, 0.15) is 13.3 Å². The van der Waals surface area contributed by atoms with Crippen molar-refractivity contribution in [3.8, 4) is 5.75 Å². The normalized spacial score (nSPS) is 13.0. The van der Waals surface area contributed by atoms with Gasteiger partial charge in [-0.1, -0.05) is 43.3 Å². The van der Waals surface area contributed by atoms with Crippen molar-refractivity contribution >= 4 is 31.8 Å². The highest BCUT2D eigenvalue weighted by Crippen LogP contribution is 2.25. The van der Waals surface area contributed by atoms with Crippen LogP contribution in [0.2, 0.25) is 0 Å². The summed E-state index contributed by atoms with van der Waals surface area (Å²) in [4.78, 5) is 12.9. The maximum Gasteiger partial charge on any atom is 0.329 e. The van der Waals surface area contributed by atoms with Gasteiger partial charge in [0.15, 0.2) is 0 Å². The zero-order valence-corrected chi connectivity index (χ0v) is 18.5. The molecular weight excluding hydrogens is 430 g/mol. The van der Waals surface area contributed by atoms with Crippen molar-refractivity contribution < 1.29 is 18.3 Å². The summed E-state index contributed by atoms with van der Waals surface area (Å²) in [6.45, 7) is 2.33. The van der Waals surface area contributed by atoms with Crippen molar-refractivity contribution in [1.82, 2.24) is 9.13 Å². The van der Waals surface area contributed by atoms with E-state index in [0.717, 1.165) is 17.2 Å². The van der Waals surface area contributed by atoms with Gasteiger partial charge in [-0.15, -0.1) is 0 Å². The topological polar surface area (TPSA) is 117 Å². The third-order valence-electron chi connectivity index (χ3n) is 5.34. The number of ether oxygens (including phenoxy) is 1. The lowest BCUT2D eigenvalue weighted by atomic mass is 10.1. The number of rotatable bonds is 8. The predicted molar refractivity (Wildman–Crippen MR) is 123 cm³/mol. The highest BCUT2D eigenvalue weighted by Gasteiger charge is 2.19. The molecule has 1 heterocycles. The highest BCUT2D eigenvalue weighted by molar-refractivity contribution is 7.89. The van der Waals surface area contributed by atoms with Crippen LogP contribution >= 0.6 is 0 Å². The smallest absolute Gasteiger partial charge is 0.329 e. The van der Waals surface area contributed by atoms with Crippen LogP contribution in [-0.4, -0.2) is 35.4 Å². The Kier molecular flexibility index (Phi) is 6.05. The molecule has 168 valence electrons. The van der Waals surface area contributed by atoms with Gasteiger partial charge in [0, 0.05) is 11.9 Å². The van der Waals surface area contributed by atoms with Gasteiger partial charge < -0.3 is 9.84 Å². The number of aliphatic hydroxyl groups is 1. The molecule has 3 aromatic carbocycles. The molecule has 9 heteroatoms. The van der Waals surface area contributed by atoms with Crippen LogP contribution in [-0.2, 0) is 23.1 Å². The standard InChI is InChI=1S/C23H25N3O5S/c1-2-12-25-20-11-10-18(32(24,29)30)13-21(20)26(23(25)28)14-17(27)15-31-22-9-5-7-16-6-3-4-8-19(16)22/h3-11,13,17,27H,2,12,14-15H2,1H3,(H2,24,29,30)/t17-/m1/s1. The number of nitrogens with zero attached hydrogens (tertiary/aromatic N) is 2. The van der Waals surface area contributed by atoms with Crippen LogP contribution in [0.3, 0.4) is 0 Å². The molecule has 0 amide bonds. The summed E-state index contributed by atoms with van der Waals surface area (Å²) >= 11 is 0. The fraction of sp³-hybridized carbons (Fsp3) is 0.261. The monoisotopic (exact) mass is 455 g/mol. The average Bonchev–Trinajstić information content (AvgIpc) is 3.02. The van der Waals surface area contributed by atoms with Gasteiger partial charge >= 0.3 is 5.69 Å². The maximum atomic E-state index is 13.0. The van der Waals surface area contributed by atoms with Crippen molar-refractivity contribution in [1.29, 1.82) is 0 Å². The first kappa shape index (κ1) is 22.1. The molecule has 0 spiro atoms. The van der Waals surface area contributed by atoms with Crippen LogP contribution in [0.5, 0.6) is 5.75 Å². The average molecular weight is 456 g/mol. The van der Waals surface area contributed by atoms with Crippen molar-refractivity contribution in [3.05, 3.63) is 71.1 Å². The number of primary sulfonamides is 1. The number of hydrogen-bond acceptors (Lipinski definition) is 5. The molecule has 0 aliphatic rings. The number of aliphatic hydroxyl groups excluding tert-OH is 1. The second-order valence-corrected chi connectivity index (χ2v) is 9.24.